The molecular weight excluding hydrogens is 333 g/mol. The van der Waals surface area contributed by atoms with Crippen molar-refractivity contribution in [3.63, 3.8) is 0 Å². The van der Waals surface area contributed by atoms with E-state index in [0.717, 1.165) is 17.5 Å². The SMILES string of the molecule is COc1cc(N)c2nc(OCc3ccc(C(F)(F)F)cc3)ccc2c1. The van der Waals surface area contributed by atoms with Crippen molar-refractivity contribution >= 4 is 16.6 Å². The predicted molar refractivity (Wildman–Crippen MR) is 88.5 cm³/mol. The third kappa shape index (κ3) is 3.76. The Bertz CT molecular complexity index is 893. The number of aromatic nitrogens is 1. The zero-order chi connectivity index (χ0) is 18.0. The first kappa shape index (κ1) is 16.9. The van der Waals surface area contributed by atoms with E-state index in [1.807, 2.05) is 0 Å². The van der Waals surface area contributed by atoms with Crippen LogP contribution in [0.1, 0.15) is 11.1 Å². The topological polar surface area (TPSA) is 57.4 Å². The molecule has 2 aromatic carbocycles. The average molecular weight is 348 g/mol. The molecule has 0 spiro atoms. The number of nitrogens with zero attached hydrogens (tertiary/aromatic N) is 1. The lowest BCUT2D eigenvalue weighted by Gasteiger charge is -2.10. The van der Waals surface area contributed by atoms with Gasteiger partial charge < -0.3 is 15.2 Å². The minimum Gasteiger partial charge on any atom is -0.497 e. The fraction of sp³-hybridized carbons (Fsp3) is 0.167. The molecule has 7 heteroatoms. The molecule has 0 unspecified atom stereocenters. The zero-order valence-electron chi connectivity index (χ0n) is 13.3. The Balaban J connectivity index is 1.76. The molecule has 0 atom stereocenters. The maximum Gasteiger partial charge on any atom is 0.416 e. The number of nitrogen functional groups attached to an aromatic ring is 1. The number of benzene rings is 2. The van der Waals surface area contributed by atoms with Crippen molar-refractivity contribution in [2.75, 3.05) is 12.8 Å². The zero-order valence-corrected chi connectivity index (χ0v) is 13.3. The molecule has 4 nitrogen and oxygen atoms in total. The number of alkyl halides is 3. The van der Waals surface area contributed by atoms with Gasteiger partial charge in [-0.25, -0.2) is 4.98 Å². The Hall–Kier alpha value is -2.96. The Morgan fingerprint density at radius 2 is 1.76 bits per heavy atom. The molecule has 1 aromatic heterocycles. The third-order valence-corrected chi connectivity index (χ3v) is 3.67. The maximum atomic E-state index is 12.5. The summed E-state index contributed by atoms with van der Waals surface area (Å²) in [5.74, 6) is 0.967. The summed E-state index contributed by atoms with van der Waals surface area (Å²) < 4.78 is 48.4. The van der Waals surface area contributed by atoms with Crippen molar-refractivity contribution in [1.29, 1.82) is 0 Å². The fourth-order valence-electron chi connectivity index (χ4n) is 2.36. The smallest absolute Gasteiger partial charge is 0.416 e. The first-order chi connectivity index (χ1) is 11.9. The van der Waals surface area contributed by atoms with E-state index in [2.05, 4.69) is 4.98 Å². The normalized spacial score (nSPS) is 11.5. The highest BCUT2D eigenvalue weighted by atomic mass is 19.4. The molecule has 0 aliphatic carbocycles. The lowest BCUT2D eigenvalue weighted by Crippen LogP contribution is -2.05. The van der Waals surface area contributed by atoms with Crippen molar-refractivity contribution in [2.24, 2.45) is 0 Å². The highest BCUT2D eigenvalue weighted by Gasteiger charge is 2.29. The van der Waals surface area contributed by atoms with Crippen molar-refractivity contribution in [1.82, 2.24) is 4.98 Å². The van der Waals surface area contributed by atoms with Crippen LogP contribution in [0.25, 0.3) is 10.9 Å². The predicted octanol–water partition coefficient (Wildman–Crippen LogP) is 4.42. The molecule has 0 aliphatic rings. The number of anilines is 1. The molecule has 0 saturated heterocycles. The summed E-state index contributed by atoms with van der Waals surface area (Å²) in [5, 5.41) is 0.804. The van der Waals surface area contributed by atoms with Crippen LogP contribution in [0.4, 0.5) is 18.9 Å². The number of fused-ring (bicyclic) bond motifs is 1. The van der Waals surface area contributed by atoms with E-state index < -0.39 is 11.7 Å². The van der Waals surface area contributed by atoms with Gasteiger partial charge >= 0.3 is 6.18 Å². The summed E-state index contributed by atoms with van der Waals surface area (Å²) in [7, 11) is 1.55. The van der Waals surface area contributed by atoms with E-state index in [0.29, 0.717) is 28.4 Å². The van der Waals surface area contributed by atoms with E-state index in [-0.39, 0.29) is 6.61 Å². The number of pyridine rings is 1. The Morgan fingerprint density at radius 3 is 2.40 bits per heavy atom. The van der Waals surface area contributed by atoms with Crippen LogP contribution in [-0.2, 0) is 12.8 Å². The molecule has 25 heavy (non-hydrogen) atoms. The second-order valence-electron chi connectivity index (χ2n) is 5.42. The fourth-order valence-corrected chi connectivity index (χ4v) is 2.36. The van der Waals surface area contributed by atoms with Crippen LogP contribution in [0.3, 0.4) is 0 Å². The van der Waals surface area contributed by atoms with E-state index in [9.17, 15) is 13.2 Å². The Labute approximate surface area is 142 Å². The van der Waals surface area contributed by atoms with E-state index >= 15 is 0 Å². The Morgan fingerprint density at radius 1 is 1.04 bits per heavy atom. The summed E-state index contributed by atoms with van der Waals surface area (Å²) in [6.45, 7) is 0.104. The number of hydrogen-bond acceptors (Lipinski definition) is 4. The molecular formula is C18H15F3N2O2. The van der Waals surface area contributed by atoms with Gasteiger partial charge in [-0.1, -0.05) is 12.1 Å². The monoisotopic (exact) mass is 348 g/mol. The number of ether oxygens (including phenoxy) is 2. The van der Waals surface area contributed by atoms with E-state index in [1.165, 1.54) is 12.1 Å². The molecule has 0 radical (unpaired) electrons. The second kappa shape index (κ2) is 6.51. The summed E-state index contributed by atoms with van der Waals surface area (Å²) in [5.41, 5.74) is 6.91. The van der Waals surface area contributed by atoms with Crippen molar-refractivity contribution < 1.29 is 22.6 Å². The molecule has 1 heterocycles. The number of hydrogen-bond donors (Lipinski definition) is 1. The standard InChI is InChI=1S/C18H15F3N2O2/c1-24-14-8-12-4-7-16(23-17(12)15(22)9-14)25-10-11-2-5-13(6-3-11)18(19,20)21/h2-9H,10,22H2,1H3. The quantitative estimate of drug-likeness (QED) is 0.709. The van der Waals surface area contributed by atoms with E-state index in [1.54, 1.807) is 31.4 Å². The van der Waals surface area contributed by atoms with Crippen molar-refractivity contribution in [2.45, 2.75) is 12.8 Å². The first-order valence-corrected chi connectivity index (χ1v) is 7.40. The number of rotatable bonds is 4. The van der Waals surface area contributed by atoms with Crippen LogP contribution in [0.2, 0.25) is 0 Å². The highest BCUT2D eigenvalue weighted by Crippen LogP contribution is 2.30. The van der Waals surface area contributed by atoms with Gasteiger partial charge in [0.1, 0.15) is 12.4 Å². The van der Waals surface area contributed by atoms with Crippen LogP contribution >= 0.6 is 0 Å². The van der Waals surface area contributed by atoms with Gasteiger partial charge in [0.25, 0.3) is 0 Å². The minimum absolute atomic E-state index is 0.104. The molecule has 0 saturated carbocycles. The highest BCUT2D eigenvalue weighted by molar-refractivity contribution is 5.91. The van der Waals surface area contributed by atoms with Crippen LogP contribution < -0.4 is 15.2 Å². The van der Waals surface area contributed by atoms with Gasteiger partial charge in [0, 0.05) is 17.5 Å². The number of methoxy groups -OCH3 is 1. The van der Waals surface area contributed by atoms with Gasteiger partial charge in [-0.15, -0.1) is 0 Å². The Kier molecular flexibility index (Phi) is 4.39. The summed E-state index contributed by atoms with van der Waals surface area (Å²) in [4.78, 5) is 4.34. The molecule has 0 bridgehead atoms. The molecule has 2 N–H and O–H groups in total. The van der Waals surface area contributed by atoms with Gasteiger partial charge in [-0.3, -0.25) is 0 Å². The van der Waals surface area contributed by atoms with Crippen molar-refractivity contribution in [3.05, 3.63) is 59.7 Å². The van der Waals surface area contributed by atoms with Crippen LogP contribution in [0.5, 0.6) is 11.6 Å². The average Bonchev–Trinajstić information content (AvgIpc) is 2.59. The summed E-state index contributed by atoms with van der Waals surface area (Å²) in [6, 6.07) is 11.7. The van der Waals surface area contributed by atoms with Gasteiger partial charge in [-0.2, -0.15) is 13.2 Å². The lowest BCUT2D eigenvalue weighted by atomic mass is 10.1. The minimum atomic E-state index is -4.35. The number of nitrogens with two attached hydrogens (primary N) is 1. The van der Waals surface area contributed by atoms with Gasteiger partial charge in [-0.05, 0) is 29.8 Å². The van der Waals surface area contributed by atoms with E-state index in [4.69, 9.17) is 15.2 Å². The van der Waals surface area contributed by atoms with Crippen LogP contribution in [0, 0.1) is 0 Å². The first-order valence-electron chi connectivity index (χ1n) is 7.40. The molecule has 0 aliphatic heterocycles. The van der Waals surface area contributed by atoms with Crippen LogP contribution in [0.15, 0.2) is 48.5 Å². The van der Waals surface area contributed by atoms with Gasteiger partial charge in [0.05, 0.1) is 23.9 Å². The lowest BCUT2D eigenvalue weighted by molar-refractivity contribution is -0.137. The number of halogens is 3. The van der Waals surface area contributed by atoms with Crippen molar-refractivity contribution in [3.8, 4) is 11.6 Å². The molecule has 0 fully saturated rings. The maximum absolute atomic E-state index is 12.5. The summed E-state index contributed by atoms with van der Waals surface area (Å²) in [6.07, 6.45) is -4.35. The molecule has 130 valence electrons. The second-order valence-corrected chi connectivity index (χ2v) is 5.42. The van der Waals surface area contributed by atoms with Gasteiger partial charge in [0.2, 0.25) is 5.88 Å². The largest absolute Gasteiger partial charge is 0.497 e. The third-order valence-electron chi connectivity index (χ3n) is 3.67. The molecule has 0 amide bonds. The van der Waals surface area contributed by atoms with Gasteiger partial charge in [0.15, 0.2) is 0 Å². The van der Waals surface area contributed by atoms with Crippen LogP contribution in [-0.4, -0.2) is 12.1 Å². The molecule has 3 aromatic rings. The summed E-state index contributed by atoms with van der Waals surface area (Å²) >= 11 is 0. The molecule has 3 rings (SSSR count).